The fourth-order valence-electron chi connectivity index (χ4n) is 3.02. The van der Waals surface area contributed by atoms with Crippen LogP contribution in [-0.2, 0) is 16.0 Å². The lowest BCUT2D eigenvalue weighted by atomic mass is 10.0. The minimum Gasteiger partial charge on any atom is -0.497 e. The van der Waals surface area contributed by atoms with Crippen LogP contribution in [0.1, 0.15) is 25.3 Å². The number of hydrogen-bond donors (Lipinski definition) is 2. The van der Waals surface area contributed by atoms with Gasteiger partial charge in [0.2, 0.25) is 11.8 Å². The molecule has 0 radical (unpaired) electrons. The average Bonchev–Trinajstić information content (AvgIpc) is 3.52. The lowest BCUT2D eigenvalue weighted by molar-refractivity contribution is -0.134. The molecule has 148 valence electrons. The smallest absolute Gasteiger partial charge is 0.240 e. The molecule has 3 rings (SSSR count). The minimum absolute atomic E-state index is 0.204. The lowest BCUT2D eigenvalue weighted by Gasteiger charge is -2.16. The molecule has 0 spiro atoms. The van der Waals surface area contributed by atoms with E-state index in [2.05, 4.69) is 10.6 Å². The zero-order chi connectivity index (χ0) is 20.0. The van der Waals surface area contributed by atoms with Crippen LogP contribution in [0.3, 0.4) is 0 Å². The molecule has 6 nitrogen and oxygen atoms in total. The molecule has 2 N–H and O–H groups in total. The summed E-state index contributed by atoms with van der Waals surface area (Å²) in [6.45, 7) is 2.99. The monoisotopic (exact) mass is 382 g/mol. The second kappa shape index (κ2) is 8.78. The van der Waals surface area contributed by atoms with E-state index in [4.69, 9.17) is 9.47 Å². The van der Waals surface area contributed by atoms with Crippen LogP contribution in [0.5, 0.6) is 11.5 Å². The summed E-state index contributed by atoms with van der Waals surface area (Å²) in [6.07, 6.45) is 1.85. The van der Waals surface area contributed by atoms with Crippen LogP contribution in [0.15, 0.2) is 48.5 Å². The van der Waals surface area contributed by atoms with Crippen molar-refractivity contribution < 1.29 is 19.1 Å². The summed E-state index contributed by atoms with van der Waals surface area (Å²) in [6, 6.07) is 14.9. The highest BCUT2D eigenvalue weighted by Crippen LogP contribution is 2.46. The molecular formula is C22H26N2O4. The fraction of sp³-hybridized carbons (Fsp3) is 0.364. The summed E-state index contributed by atoms with van der Waals surface area (Å²) in [5.74, 6) is 1.09. The molecule has 28 heavy (non-hydrogen) atoms. The van der Waals surface area contributed by atoms with E-state index in [1.807, 2.05) is 31.2 Å². The molecule has 6 heteroatoms. The molecule has 0 aromatic heterocycles. The SMILES string of the molecule is CCOc1ccc(NC(=O)C2(C(=O)NCCc3ccc(OC)cc3)CC2)cc1. The number of carbonyl (C=O) groups excluding carboxylic acids is 2. The molecule has 0 bridgehead atoms. The van der Waals surface area contributed by atoms with Crippen molar-refractivity contribution in [1.82, 2.24) is 5.32 Å². The molecule has 0 unspecified atom stereocenters. The predicted octanol–water partition coefficient (Wildman–Crippen LogP) is 3.17. The second-order valence-corrected chi connectivity index (χ2v) is 6.85. The largest absolute Gasteiger partial charge is 0.497 e. The zero-order valence-electron chi connectivity index (χ0n) is 16.3. The highest BCUT2D eigenvalue weighted by Gasteiger charge is 2.56. The van der Waals surface area contributed by atoms with Crippen LogP contribution in [0, 0.1) is 5.41 Å². The van der Waals surface area contributed by atoms with E-state index in [0.717, 1.165) is 17.1 Å². The van der Waals surface area contributed by atoms with Gasteiger partial charge < -0.3 is 20.1 Å². The van der Waals surface area contributed by atoms with E-state index in [1.165, 1.54) is 0 Å². The Kier molecular flexibility index (Phi) is 6.19. The standard InChI is InChI=1S/C22H26N2O4/c1-3-28-19-10-6-17(7-11-19)24-21(26)22(13-14-22)20(25)23-15-12-16-4-8-18(27-2)9-5-16/h4-11H,3,12-15H2,1-2H3,(H,23,25)(H,24,26). The van der Waals surface area contributed by atoms with Gasteiger partial charge in [-0.1, -0.05) is 12.1 Å². The third-order valence-corrected chi connectivity index (χ3v) is 4.90. The van der Waals surface area contributed by atoms with Crippen LogP contribution < -0.4 is 20.1 Å². The Bertz CT molecular complexity index is 811. The van der Waals surface area contributed by atoms with Crippen LogP contribution in [-0.4, -0.2) is 32.1 Å². The number of rotatable bonds is 9. The van der Waals surface area contributed by atoms with Gasteiger partial charge in [0.05, 0.1) is 13.7 Å². The summed E-state index contributed by atoms with van der Waals surface area (Å²) >= 11 is 0. The predicted molar refractivity (Wildman–Crippen MR) is 108 cm³/mol. The van der Waals surface area contributed by atoms with Crippen LogP contribution >= 0.6 is 0 Å². The van der Waals surface area contributed by atoms with Gasteiger partial charge in [0.15, 0.2) is 0 Å². The van der Waals surface area contributed by atoms with Gasteiger partial charge >= 0.3 is 0 Å². The number of methoxy groups -OCH3 is 1. The number of amides is 2. The van der Waals surface area contributed by atoms with E-state index in [-0.39, 0.29) is 11.8 Å². The van der Waals surface area contributed by atoms with Crippen LogP contribution in [0.4, 0.5) is 5.69 Å². The zero-order valence-corrected chi connectivity index (χ0v) is 16.3. The Morgan fingerprint density at radius 2 is 1.61 bits per heavy atom. The third-order valence-electron chi connectivity index (χ3n) is 4.90. The van der Waals surface area contributed by atoms with Crippen LogP contribution in [0.25, 0.3) is 0 Å². The molecule has 1 saturated carbocycles. The van der Waals surface area contributed by atoms with Gasteiger partial charge in [0.1, 0.15) is 16.9 Å². The Hall–Kier alpha value is -3.02. The van der Waals surface area contributed by atoms with E-state index < -0.39 is 5.41 Å². The maximum absolute atomic E-state index is 12.6. The van der Waals surface area contributed by atoms with Crippen molar-refractivity contribution in [1.29, 1.82) is 0 Å². The first kappa shape index (κ1) is 19.7. The molecule has 2 aromatic rings. The Balaban J connectivity index is 1.50. The molecule has 0 aliphatic heterocycles. The lowest BCUT2D eigenvalue weighted by Crippen LogP contribution is -2.40. The number of hydrogen-bond acceptors (Lipinski definition) is 4. The minimum atomic E-state index is -0.946. The first-order valence-electron chi connectivity index (χ1n) is 9.53. The molecule has 2 amide bonds. The van der Waals surface area contributed by atoms with Gasteiger partial charge in [0.25, 0.3) is 0 Å². The van der Waals surface area contributed by atoms with Gasteiger partial charge in [0, 0.05) is 12.2 Å². The summed E-state index contributed by atoms with van der Waals surface area (Å²) in [7, 11) is 1.63. The Morgan fingerprint density at radius 3 is 2.18 bits per heavy atom. The third kappa shape index (κ3) is 4.63. The van der Waals surface area contributed by atoms with Crippen molar-refractivity contribution in [2.45, 2.75) is 26.2 Å². The van der Waals surface area contributed by atoms with Crippen molar-refractivity contribution >= 4 is 17.5 Å². The second-order valence-electron chi connectivity index (χ2n) is 6.85. The molecule has 0 heterocycles. The molecule has 1 aliphatic rings. The van der Waals surface area contributed by atoms with Crippen molar-refractivity contribution in [2.24, 2.45) is 5.41 Å². The highest BCUT2D eigenvalue weighted by molar-refractivity contribution is 6.13. The summed E-state index contributed by atoms with van der Waals surface area (Å²) in [4.78, 5) is 25.2. The number of benzene rings is 2. The first-order chi connectivity index (χ1) is 13.6. The quantitative estimate of drug-likeness (QED) is 0.653. The van der Waals surface area contributed by atoms with E-state index in [0.29, 0.717) is 38.1 Å². The van der Waals surface area contributed by atoms with Crippen LogP contribution in [0.2, 0.25) is 0 Å². The first-order valence-corrected chi connectivity index (χ1v) is 9.53. The van der Waals surface area contributed by atoms with Crippen molar-refractivity contribution in [3.63, 3.8) is 0 Å². The highest BCUT2D eigenvalue weighted by atomic mass is 16.5. The van der Waals surface area contributed by atoms with Gasteiger partial charge in [-0.05, 0) is 68.1 Å². The van der Waals surface area contributed by atoms with E-state index >= 15 is 0 Å². The average molecular weight is 382 g/mol. The Labute approximate surface area is 165 Å². The maximum Gasteiger partial charge on any atom is 0.240 e. The molecule has 0 saturated heterocycles. The maximum atomic E-state index is 12.6. The Morgan fingerprint density at radius 1 is 0.964 bits per heavy atom. The normalized spacial score (nSPS) is 14.1. The number of anilines is 1. The molecule has 1 fully saturated rings. The number of carbonyl (C=O) groups is 2. The molecule has 0 atom stereocenters. The summed E-state index contributed by atoms with van der Waals surface area (Å²) in [5, 5.41) is 5.75. The topological polar surface area (TPSA) is 76.7 Å². The molecular weight excluding hydrogens is 356 g/mol. The van der Waals surface area contributed by atoms with E-state index in [9.17, 15) is 9.59 Å². The van der Waals surface area contributed by atoms with E-state index in [1.54, 1.807) is 31.4 Å². The van der Waals surface area contributed by atoms with Gasteiger partial charge in [-0.2, -0.15) is 0 Å². The summed E-state index contributed by atoms with van der Waals surface area (Å²) < 4.78 is 10.5. The summed E-state index contributed by atoms with van der Waals surface area (Å²) in [5.41, 5.74) is 0.814. The van der Waals surface area contributed by atoms with Gasteiger partial charge in [-0.3, -0.25) is 9.59 Å². The molecule has 1 aliphatic carbocycles. The van der Waals surface area contributed by atoms with Gasteiger partial charge in [-0.25, -0.2) is 0 Å². The van der Waals surface area contributed by atoms with Crippen molar-refractivity contribution in [3.05, 3.63) is 54.1 Å². The van der Waals surface area contributed by atoms with Crippen molar-refractivity contribution in [2.75, 3.05) is 25.6 Å². The number of nitrogens with one attached hydrogen (secondary N) is 2. The number of ether oxygens (including phenoxy) is 2. The fourth-order valence-corrected chi connectivity index (χ4v) is 3.02. The van der Waals surface area contributed by atoms with Crippen molar-refractivity contribution in [3.8, 4) is 11.5 Å². The van der Waals surface area contributed by atoms with Gasteiger partial charge in [-0.15, -0.1) is 0 Å². The molecule has 2 aromatic carbocycles.